The second-order valence-electron chi connectivity index (χ2n) is 6.27. The lowest BCUT2D eigenvalue weighted by atomic mass is 10.2. The number of carbonyl (C=O) groups excluding carboxylic acids is 3. The van der Waals surface area contributed by atoms with E-state index >= 15 is 0 Å². The number of hydrogen-bond acceptors (Lipinski definition) is 4. The van der Waals surface area contributed by atoms with Crippen molar-refractivity contribution in [2.24, 2.45) is 0 Å². The van der Waals surface area contributed by atoms with Crippen molar-refractivity contribution in [2.75, 3.05) is 18.1 Å². The van der Waals surface area contributed by atoms with Crippen molar-refractivity contribution in [1.29, 1.82) is 0 Å². The summed E-state index contributed by atoms with van der Waals surface area (Å²) in [7, 11) is 1.53. The van der Waals surface area contributed by atoms with Gasteiger partial charge in [-0.3, -0.25) is 14.5 Å². The van der Waals surface area contributed by atoms with Crippen LogP contribution in [-0.2, 0) is 17.9 Å². The highest BCUT2D eigenvalue weighted by Gasteiger charge is 2.29. The summed E-state index contributed by atoms with van der Waals surface area (Å²) in [5.74, 6) is -1.95. The highest BCUT2D eigenvalue weighted by molar-refractivity contribution is 8.14. The third-order valence-corrected chi connectivity index (χ3v) is 5.00. The smallest absolute Gasteiger partial charge is 0.321 e. The van der Waals surface area contributed by atoms with Crippen molar-refractivity contribution < 1.29 is 23.2 Å². The summed E-state index contributed by atoms with van der Waals surface area (Å²) >= 11 is 0.980. The van der Waals surface area contributed by atoms with Crippen LogP contribution in [0.2, 0.25) is 0 Å². The molecule has 0 aromatic heterocycles. The number of halogens is 2. The molecular formula is C19H17F2N3O3S. The van der Waals surface area contributed by atoms with Crippen LogP contribution in [0, 0.1) is 11.6 Å². The minimum Gasteiger partial charge on any atom is -0.323 e. The number of imide groups is 1. The average Bonchev–Trinajstić information content (AvgIpc) is 2.98. The molecule has 0 bridgehead atoms. The van der Waals surface area contributed by atoms with Gasteiger partial charge in [0.25, 0.3) is 5.24 Å². The number of hydrogen-bond donors (Lipinski definition) is 1. The van der Waals surface area contributed by atoms with Crippen molar-refractivity contribution >= 4 is 34.6 Å². The molecule has 2 aromatic rings. The second kappa shape index (κ2) is 8.39. The van der Waals surface area contributed by atoms with Crippen molar-refractivity contribution in [1.82, 2.24) is 9.80 Å². The minimum atomic E-state index is -0.963. The number of thioether (sulfide) groups is 1. The Bertz CT molecular complexity index is 905. The first kappa shape index (κ1) is 19.8. The van der Waals surface area contributed by atoms with Gasteiger partial charge in [0, 0.05) is 19.3 Å². The number of anilines is 1. The van der Waals surface area contributed by atoms with Crippen LogP contribution < -0.4 is 5.32 Å². The molecule has 1 aliphatic heterocycles. The maximum Gasteiger partial charge on any atom is 0.321 e. The fourth-order valence-corrected chi connectivity index (χ4v) is 3.34. The number of nitrogens with one attached hydrogen (secondary N) is 1. The van der Waals surface area contributed by atoms with E-state index in [1.54, 1.807) is 24.3 Å². The normalized spacial score (nSPS) is 13.8. The van der Waals surface area contributed by atoms with E-state index in [2.05, 4.69) is 5.32 Å². The molecule has 0 aliphatic carbocycles. The fourth-order valence-electron chi connectivity index (χ4n) is 2.61. The number of urea groups is 1. The van der Waals surface area contributed by atoms with Gasteiger partial charge in [0.1, 0.15) is 0 Å². The van der Waals surface area contributed by atoms with Gasteiger partial charge in [-0.25, -0.2) is 13.6 Å². The molecule has 1 aliphatic rings. The van der Waals surface area contributed by atoms with Crippen LogP contribution in [0.4, 0.5) is 24.1 Å². The maximum absolute atomic E-state index is 13.3. The maximum atomic E-state index is 13.3. The predicted octanol–water partition coefficient (Wildman–Crippen LogP) is 3.82. The lowest BCUT2D eigenvalue weighted by molar-refractivity contribution is -0.125. The van der Waals surface area contributed by atoms with Crippen molar-refractivity contribution in [3.8, 4) is 0 Å². The summed E-state index contributed by atoms with van der Waals surface area (Å²) in [5, 5.41) is 2.43. The predicted molar refractivity (Wildman–Crippen MR) is 102 cm³/mol. The fraction of sp³-hybridized carbons (Fsp3) is 0.211. The van der Waals surface area contributed by atoms with E-state index in [0.717, 1.165) is 29.5 Å². The van der Waals surface area contributed by atoms with E-state index in [1.165, 1.54) is 22.9 Å². The molecule has 0 unspecified atom stereocenters. The molecule has 0 spiro atoms. The summed E-state index contributed by atoms with van der Waals surface area (Å²) < 4.78 is 26.2. The lowest BCUT2D eigenvalue weighted by Gasteiger charge is -2.18. The number of rotatable bonds is 5. The Morgan fingerprint density at radius 3 is 2.39 bits per heavy atom. The van der Waals surface area contributed by atoms with Crippen LogP contribution in [0.3, 0.4) is 0 Å². The molecule has 3 rings (SSSR count). The first-order valence-corrected chi connectivity index (χ1v) is 9.34. The van der Waals surface area contributed by atoms with Crippen molar-refractivity contribution in [3.63, 3.8) is 0 Å². The molecule has 4 amide bonds. The highest BCUT2D eigenvalue weighted by Crippen LogP contribution is 2.22. The van der Waals surface area contributed by atoms with Crippen molar-refractivity contribution in [3.05, 3.63) is 65.2 Å². The largest absolute Gasteiger partial charge is 0.323 e. The molecule has 28 heavy (non-hydrogen) atoms. The Labute approximate surface area is 164 Å². The summed E-state index contributed by atoms with van der Waals surface area (Å²) in [6.45, 7) is 0.299. The van der Waals surface area contributed by atoms with Crippen LogP contribution in [0.1, 0.15) is 11.1 Å². The molecule has 1 saturated heterocycles. The van der Waals surface area contributed by atoms with Gasteiger partial charge in [0.05, 0.1) is 12.3 Å². The Morgan fingerprint density at radius 1 is 1.11 bits per heavy atom. The van der Waals surface area contributed by atoms with E-state index in [-0.39, 0.29) is 30.0 Å². The second-order valence-corrected chi connectivity index (χ2v) is 7.19. The van der Waals surface area contributed by atoms with Crippen LogP contribution in [0.5, 0.6) is 0 Å². The number of amides is 4. The molecule has 1 fully saturated rings. The summed E-state index contributed by atoms with van der Waals surface area (Å²) in [5.41, 5.74) is 1.75. The molecule has 1 N–H and O–H groups in total. The van der Waals surface area contributed by atoms with Crippen LogP contribution in [0.15, 0.2) is 42.5 Å². The zero-order valence-corrected chi connectivity index (χ0v) is 15.8. The SMILES string of the molecule is CN(Cc1ccc(F)c(F)c1)C(=O)Nc1ccc(CN2C(=O)CSC2=O)cc1. The van der Waals surface area contributed by atoms with Gasteiger partial charge in [0.15, 0.2) is 11.6 Å². The topological polar surface area (TPSA) is 69.7 Å². The van der Waals surface area contributed by atoms with Gasteiger partial charge < -0.3 is 10.2 Å². The van der Waals surface area contributed by atoms with Crippen LogP contribution in [-0.4, -0.2) is 39.8 Å². The zero-order chi connectivity index (χ0) is 20.3. The highest BCUT2D eigenvalue weighted by atomic mass is 32.2. The third-order valence-electron chi connectivity index (χ3n) is 4.14. The summed E-state index contributed by atoms with van der Waals surface area (Å²) in [6.07, 6.45) is 0. The summed E-state index contributed by atoms with van der Waals surface area (Å²) in [6, 6.07) is 9.82. The standard InChI is InChI=1S/C19H17F2N3O3S/c1-23(9-13-4-7-15(20)16(21)8-13)18(26)22-14-5-2-12(3-6-14)10-24-17(25)11-28-19(24)27/h2-8H,9-11H2,1H3,(H,22,26). The molecule has 0 atom stereocenters. The average molecular weight is 405 g/mol. The van der Waals surface area contributed by atoms with E-state index in [1.807, 2.05) is 0 Å². The molecule has 2 aromatic carbocycles. The first-order chi connectivity index (χ1) is 13.3. The first-order valence-electron chi connectivity index (χ1n) is 8.35. The lowest BCUT2D eigenvalue weighted by Crippen LogP contribution is -2.31. The quantitative estimate of drug-likeness (QED) is 0.821. The van der Waals surface area contributed by atoms with Crippen LogP contribution >= 0.6 is 11.8 Å². The molecule has 0 radical (unpaired) electrons. The zero-order valence-electron chi connectivity index (χ0n) is 14.9. The number of nitrogens with zero attached hydrogens (tertiary/aromatic N) is 2. The Balaban J connectivity index is 1.56. The molecule has 9 heteroatoms. The third kappa shape index (κ3) is 4.66. The Kier molecular flexibility index (Phi) is 5.93. The Morgan fingerprint density at radius 2 is 1.79 bits per heavy atom. The van der Waals surface area contributed by atoms with Gasteiger partial charge in [-0.15, -0.1) is 0 Å². The van der Waals surface area contributed by atoms with Gasteiger partial charge in [-0.1, -0.05) is 30.0 Å². The molecule has 6 nitrogen and oxygen atoms in total. The van der Waals surface area contributed by atoms with E-state index in [4.69, 9.17) is 0 Å². The minimum absolute atomic E-state index is 0.109. The summed E-state index contributed by atoms with van der Waals surface area (Å²) in [4.78, 5) is 38.1. The van der Waals surface area contributed by atoms with Gasteiger partial charge in [-0.05, 0) is 35.4 Å². The van der Waals surface area contributed by atoms with E-state index in [0.29, 0.717) is 11.3 Å². The van der Waals surface area contributed by atoms with E-state index < -0.39 is 17.7 Å². The molecular weight excluding hydrogens is 388 g/mol. The van der Waals surface area contributed by atoms with Crippen LogP contribution in [0.25, 0.3) is 0 Å². The van der Waals surface area contributed by atoms with Crippen molar-refractivity contribution in [2.45, 2.75) is 13.1 Å². The number of carbonyl (C=O) groups is 3. The van der Waals surface area contributed by atoms with Gasteiger partial charge in [0.2, 0.25) is 5.91 Å². The monoisotopic (exact) mass is 405 g/mol. The molecule has 1 heterocycles. The molecule has 0 saturated carbocycles. The number of benzene rings is 2. The van der Waals surface area contributed by atoms with E-state index in [9.17, 15) is 23.2 Å². The molecule has 146 valence electrons. The van der Waals surface area contributed by atoms with Gasteiger partial charge in [-0.2, -0.15) is 0 Å². The van der Waals surface area contributed by atoms with Gasteiger partial charge >= 0.3 is 6.03 Å². The Hall–Kier alpha value is -2.94.